The van der Waals surface area contributed by atoms with Crippen molar-refractivity contribution in [2.75, 3.05) is 0 Å². The van der Waals surface area contributed by atoms with Crippen molar-refractivity contribution < 1.29 is 8.78 Å². The predicted molar refractivity (Wildman–Crippen MR) is 68.9 cm³/mol. The number of rotatable bonds is 0. The van der Waals surface area contributed by atoms with E-state index in [0.29, 0.717) is 16.1 Å². The minimum absolute atomic E-state index is 0.432. The molecule has 0 fully saturated rings. The first kappa shape index (κ1) is 11.7. The molecule has 0 saturated heterocycles. The van der Waals surface area contributed by atoms with Crippen LogP contribution in [0.5, 0.6) is 0 Å². The van der Waals surface area contributed by atoms with Crippen LogP contribution >= 0.6 is 11.6 Å². The quantitative estimate of drug-likeness (QED) is 0.633. The van der Waals surface area contributed by atoms with Gasteiger partial charge in [-0.25, -0.2) is 8.78 Å². The van der Waals surface area contributed by atoms with Crippen LogP contribution in [0, 0.1) is 11.6 Å². The van der Waals surface area contributed by atoms with Gasteiger partial charge in [-0.3, -0.25) is 0 Å². The molecule has 0 radical (unpaired) electrons. The lowest BCUT2D eigenvalue weighted by atomic mass is 9.82. The highest BCUT2D eigenvalue weighted by Crippen LogP contribution is 2.50. The van der Waals surface area contributed by atoms with E-state index in [4.69, 9.17) is 11.6 Å². The molecule has 0 aromatic heterocycles. The van der Waals surface area contributed by atoms with Crippen molar-refractivity contribution in [2.24, 2.45) is 0 Å². The monoisotopic (exact) mass is 264 g/mol. The molecular formula is C15H11ClF2. The Morgan fingerprint density at radius 1 is 1.00 bits per heavy atom. The third-order valence-electron chi connectivity index (χ3n) is 3.65. The molecule has 0 unspecified atom stereocenters. The number of hydrogen-bond donors (Lipinski definition) is 0. The van der Waals surface area contributed by atoms with E-state index in [1.54, 1.807) is 12.1 Å². The molecule has 18 heavy (non-hydrogen) atoms. The third kappa shape index (κ3) is 1.42. The molecule has 0 aliphatic heterocycles. The molecule has 0 N–H and O–H groups in total. The van der Waals surface area contributed by atoms with Gasteiger partial charge in [0.1, 0.15) is 11.6 Å². The van der Waals surface area contributed by atoms with E-state index in [2.05, 4.69) is 0 Å². The summed E-state index contributed by atoms with van der Waals surface area (Å²) in [6.07, 6.45) is 0. The van der Waals surface area contributed by atoms with E-state index in [1.807, 2.05) is 19.9 Å². The van der Waals surface area contributed by atoms with Gasteiger partial charge in [0.25, 0.3) is 0 Å². The van der Waals surface area contributed by atoms with E-state index in [-0.39, 0.29) is 0 Å². The van der Waals surface area contributed by atoms with Gasteiger partial charge in [-0.2, -0.15) is 0 Å². The number of benzene rings is 2. The first-order valence-electron chi connectivity index (χ1n) is 5.71. The maximum atomic E-state index is 14.0. The Morgan fingerprint density at radius 2 is 1.72 bits per heavy atom. The van der Waals surface area contributed by atoms with Gasteiger partial charge in [0.2, 0.25) is 0 Å². The second-order valence-electron chi connectivity index (χ2n) is 5.13. The first-order chi connectivity index (χ1) is 8.41. The molecule has 1 aliphatic carbocycles. The Kier molecular flexibility index (Phi) is 2.30. The lowest BCUT2D eigenvalue weighted by Crippen LogP contribution is -2.15. The van der Waals surface area contributed by atoms with Crippen molar-refractivity contribution in [2.45, 2.75) is 19.3 Å². The van der Waals surface area contributed by atoms with Gasteiger partial charge in [0, 0.05) is 22.1 Å². The smallest absolute Gasteiger partial charge is 0.134 e. The highest BCUT2D eigenvalue weighted by Gasteiger charge is 2.37. The molecule has 2 aromatic carbocycles. The summed E-state index contributed by atoms with van der Waals surface area (Å²) in [4.78, 5) is 0. The Bertz CT molecular complexity index is 660. The van der Waals surface area contributed by atoms with Crippen LogP contribution in [0.1, 0.15) is 25.0 Å². The molecular weight excluding hydrogens is 254 g/mol. The maximum Gasteiger partial charge on any atom is 0.134 e. The summed E-state index contributed by atoms with van der Waals surface area (Å²) in [5.41, 5.74) is 2.48. The average molecular weight is 265 g/mol. The van der Waals surface area contributed by atoms with Gasteiger partial charge in [-0.05, 0) is 34.9 Å². The molecule has 1 aliphatic rings. The topological polar surface area (TPSA) is 0 Å². The van der Waals surface area contributed by atoms with Gasteiger partial charge in [-0.15, -0.1) is 0 Å². The largest absolute Gasteiger partial charge is 0.207 e. The van der Waals surface area contributed by atoms with Crippen molar-refractivity contribution in [3.63, 3.8) is 0 Å². The zero-order valence-electron chi connectivity index (χ0n) is 10.0. The predicted octanol–water partition coefficient (Wildman–Crippen LogP) is 4.92. The molecule has 0 atom stereocenters. The second-order valence-corrected chi connectivity index (χ2v) is 5.56. The van der Waals surface area contributed by atoms with E-state index < -0.39 is 17.0 Å². The third-order valence-corrected chi connectivity index (χ3v) is 3.89. The fourth-order valence-corrected chi connectivity index (χ4v) is 2.91. The van der Waals surface area contributed by atoms with Crippen LogP contribution in [0.3, 0.4) is 0 Å². The average Bonchev–Trinajstić information content (AvgIpc) is 2.49. The van der Waals surface area contributed by atoms with Crippen LogP contribution in [0.2, 0.25) is 5.02 Å². The lowest BCUT2D eigenvalue weighted by Gasteiger charge is -2.21. The fraction of sp³-hybridized carbons (Fsp3) is 0.200. The van der Waals surface area contributed by atoms with Crippen LogP contribution in [-0.4, -0.2) is 0 Å². The van der Waals surface area contributed by atoms with E-state index in [1.165, 1.54) is 6.07 Å². The molecule has 0 saturated carbocycles. The standard InChI is InChI=1S/C15H11ClF2/c1-15(2)11-5-8(16)3-4-10(11)14-12(15)6-9(17)7-13(14)18/h3-7H,1-2H3. The van der Waals surface area contributed by atoms with Gasteiger partial charge in [0.05, 0.1) is 0 Å². The lowest BCUT2D eigenvalue weighted by molar-refractivity contribution is 0.572. The molecule has 0 spiro atoms. The summed E-state index contributed by atoms with van der Waals surface area (Å²) >= 11 is 6.00. The summed E-state index contributed by atoms with van der Waals surface area (Å²) < 4.78 is 27.4. The minimum Gasteiger partial charge on any atom is -0.207 e. The summed E-state index contributed by atoms with van der Waals surface area (Å²) in [6, 6.07) is 7.69. The Labute approximate surface area is 109 Å². The maximum absolute atomic E-state index is 14.0. The second kappa shape index (κ2) is 3.55. The Morgan fingerprint density at radius 3 is 2.44 bits per heavy atom. The zero-order valence-corrected chi connectivity index (χ0v) is 10.8. The highest BCUT2D eigenvalue weighted by molar-refractivity contribution is 6.30. The summed E-state index contributed by atoms with van der Waals surface area (Å²) in [7, 11) is 0. The van der Waals surface area contributed by atoms with Crippen molar-refractivity contribution in [1.82, 2.24) is 0 Å². The fourth-order valence-electron chi connectivity index (χ4n) is 2.74. The highest BCUT2D eigenvalue weighted by atomic mass is 35.5. The molecule has 0 nitrogen and oxygen atoms in total. The minimum atomic E-state index is -0.543. The molecule has 3 heteroatoms. The molecule has 92 valence electrons. The number of hydrogen-bond acceptors (Lipinski definition) is 0. The Hall–Kier alpha value is -1.41. The van der Waals surface area contributed by atoms with Crippen molar-refractivity contribution in [1.29, 1.82) is 0 Å². The van der Waals surface area contributed by atoms with Gasteiger partial charge < -0.3 is 0 Å². The zero-order chi connectivity index (χ0) is 13.1. The molecule has 0 amide bonds. The van der Waals surface area contributed by atoms with Crippen LogP contribution in [0.4, 0.5) is 8.78 Å². The first-order valence-corrected chi connectivity index (χ1v) is 6.09. The normalized spacial score (nSPS) is 15.4. The van der Waals surface area contributed by atoms with Crippen molar-refractivity contribution in [3.8, 4) is 11.1 Å². The van der Waals surface area contributed by atoms with Gasteiger partial charge in [0.15, 0.2) is 0 Å². The van der Waals surface area contributed by atoms with Crippen LogP contribution < -0.4 is 0 Å². The van der Waals surface area contributed by atoms with Crippen LogP contribution in [-0.2, 0) is 5.41 Å². The number of halogens is 3. The van der Waals surface area contributed by atoms with Crippen LogP contribution in [0.25, 0.3) is 11.1 Å². The van der Waals surface area contributed by atoms with E-state index in [9.17, 15) is 8.78 Å². The summed E-state index contributed by atoms with van der Waals surface area (Å²) in [5, 5.41) is 0.607. The van der Waals surface area contributed by atoms with Gasteiger partial charge in [-0.1, -0.05) is 31.5 Å². The molecule has 3 rings (SSSR count). The van der Waals surface area contributed by atoms with E-state index in [0.717, 1.165) is 17.2 Å². The van der Waals surface area contributed by atoms with E-state index >= 15 is 0 Å². The van der Waals surface area contributed by atoms with Gasteiger partial charge >= 0.3 is 0 Å². The van der Waals surface area contributed by atoms with Crippen molar-refractivity contribution in [3.05, 3.63) is 58.1 Å². The summed E-state index contributed by atoms with van der Waals surface area (Å²) in [6.45, 7) is 3.90. The van der Waals surface area contributed by atoms with Crippen LogP contribution in [0.15, 0.2) is 30.3 Å². The molecule has 2 aromatic rings. The SMILES string of the molecule is CC1(C)c2cc(Cl)ccc2-c2c(F)cc(F)cc21. The number of fused-ring (bicyclic) bond motifs is 3. The molecule has 0 bridgehead atoms. The Balaban J connectivity index is 2.42. The summed E-state index contributed by atoms with van der Waals surface area (Å²) in [5.74, 6) is -1.06. The molecule has 0 heterocycles. The van der Waals surface area contributed by atoms with Crippen molar-refractivity contribution >= 4 is 11.6 Å².